The number of hydrogen-bond donors (Lipinski definition) is 1. The summed E-state index contributed by atoms with van der Waals surface area (Å²) in [7, 11) is 0. The molecular weight excluding hydrogens is 422 g/mol. The molecule has 0 atom stereocenters. The van der Waals surface area contributed by atoms with Crippen LogP contribution in [0.15, 0.2) is 34.8 Å². The predicted octanol–water partition coefficient (Wildman–Crippen LogP) is 3.17. The molecule has 1 aromatic heterocycles. The van der Waals surface area contributed by atoms with E-state index in [1.807, 2.05) is 43.0 Å². The van der Waals surface area contributed by atoms with Crippen LogP contribution < -0.4 is 10.5 Å². The average Bonchev–Trinajstić information content (AvgIpc) is 2.66. The Morgan fingerprint density at radius 1 is 1.21 bits per heavy atom. The minimum Gasteiger partial charge on any atom is -0.474 e. The van der Waals surface area contributed by atoms with Gasteiger partial charge >= 0.3 is 0 Å². The van der Waals surface area contributed by atoms with Gasteiger partial charge in [0.2, 0.25) is 11.8 Å². The third kappa shape index (κ3) is 4.90. The number of rotatable bonds is 5. The third-order valence-electron chi connectivity index (χ3n) is 4.93. The molecule has 2 N–H and O–H groups in total. The number of primary amides is 1. The van der Waals surface area contributed by atoms with Crippen molar-refractivity contribution < 1.29 is 14.3 Å². The van der Waals surface area contributed by atoms with Crippen molar-refractivity contribution in [2.24, 2.45) is 5.73 Å². The van der Waals surface area contributed by atoms with E-state index in [4.69, 9.17) is 10.5 Å². The lowest BCUT2D eigenvalue weighted by Gasteiger charge is -2.32. The quantitative estimate of drug-likeness (QED) is 0.765. The van der Waals surface area contributed by atoms with Gasteiger partial charge < -0.3 is 15.4 Å². The number of aromatic nitrogens is 1. The molecule has 148 valence electrons. The molecule has 0 bridgehead atoms. The molecule has 1 fully saturated rings. The van der Waals surface area contributed by atoms with E-state index in [2.05, 4.69) is 20.9 Å². The average molecular weight is 446 g/mol. The summed E-state index contributed by atoms with van der Waals surface area (Å²) in [6, 6.07) is 9.67. The summed E-state index contributed by atoms with van der Waals surface area (Å²) in [5, 5.41) is 0. The Hall–Kier alpha value is -2.41. The number of nitrogens with zero attached hydrogens (tertiary/aromatic N) is 2. The summed E-state index contributed by atoms with van der Waals surface area (Å²) in [5.41, 5.74) is 8.64. The number of pyridine rings is 1. The van der Waals surface area contributed by atoms with Gasteiger partial charge in [0.25, 0.3) is 5.91 Å². The van der Waals surface area contributed by atoms with Gasteiger partial charge in [-0.2, -0.15) is 0 Å². The first-order chi connectivity index (χ1) is 13.3. The zero-order chi connectivity index (χ0) is 20.3. The summed E-state index contributed by atoms with van der Waals surface area (Å²) in [4.78, 5) is 30.5. The van der Waals surface area contributed by atoms with Crippen LogP contribution in [-0.2, 0) is 11.2 Å². The van der Waals surface area contributed by atoms with Crippen molar-refractivity contribution in [2.75, 3.05) is 13.1 Å². The van der Waals surface area contributed by atoms with E-state index in [0.29, 0.717) is 36.8 Å². The number of piperidine rings is 1. The number of aryl methyl sites for hydroxylation is 2. The Bertz CT molecular complexity index is 875. The van der Waals surface area contributed by atoms with Gasteiger partial charge in [-0.3, -0.25) is 9.59 Å². The first kappa shape index (κ1) is 20.3. The fourth-order valence-electron chi connectivity index (χ4n) is 3.20. The molecule has 0 radical (unpaired) electrons. The molecule has 7 heteroatoms. The van der Waals surface area contributed by atoms with Crippen LogP contribution in [0, 0.1) is 13.8 Å². The van der Waals surface area contributed by atoms with Gasteiger partial charge in [-0.25, -0.2) is 4.98 Å². The number of ether oxygens (including phenoxy) is 1. The van der Waals surface area contributed by atoms with Crippen LogP contribution in [0.1, 0.15) is 40.0 Å². The van der Waals surface area contributed by atoms with Crippen LogP contribution in [-0.4, -0.2) is 40.9 Å². The van der Waals surface area contributed by atoms with E-state index in [9.17, 15) is 9.59 Å². The summed E-state index contributed by atoms with van der Waals surface area (Å²) >= 11 is 3.36. The smallest absolute Gasteiger partial charge is 0.254 e. The molecular formula is C21H24BrN3O3. The fraction of sp³-hybridized carbons (Fsp3) is 0.381. The third-order valence-corrected chi connectivity index (χ3v) is 5.73. The molecule has 0 saturated carbocycles. The van der Waals surface area contributed by atoms with Gasteiger partial charge in [0.1, 0.15) is 11.7 Å². The number of carbonyl (C=O) groups is 2. The fourth-order valence-corrected chi connectivity index (χ4v) is 3.52. The Labute approximate surface area is 173 Å². The molecule has 1 saturated heterocycles. The van der Waals surface area contributed by atoms with Gasteiger partial charge in [-0.1, -0.05) is 29.8 Å². The highest BCUT2D eigenvalue weighted by molar-refractivity contribution is 9.10. The second-order valence-corrected chi connectivity index (χ2v) is 7.99. The van der Waals surface area contributed by atoms with E-state index < -0.39 is 5.91 Å². The lowest BCUT2D eigenvalue weighted by Crippen LogP contribution is -2.42. The van der Waals surface area contributed by atoms with Gasteiger partial charge in [0.05, 0.1) is 12.1 Å². The molecule has 2 aromatic rings. The molecule has 0 unspecified atom stereocenters. The SMILES string of the molecule is Cc1ccc(CC(=O)N2CCC(Oc3nc(C)c(Br)cc3C(N)=O)CC2)cc1. The molecule has 2 heterocycles. The molecule has 6 nitrogen and oxygen atoms in total. The van der Waals surface area contributed by atoms with E-state index in [0.717, 1.165) is 11.3 Å². The number of benzene rings is 1. The molecule has 2 amide bonds. The maximum absolute atomic E-state index is 12.5. The number of carbonyl (C=O) groups excluding carboxylic acids is 2. The lowest BCUT2D eigenvalue weighted by molar-refractivity contribution is -0.132. The van der Waals surface area contributed by atoms with E-state index >= 15 is 0 Å². The zero-order valence-corrected chi connectivity index (χ0v) is 17.7. The second-order valence-electron chi connectivity index (χ2n) is 7.13. The lowest BCUT2D eigenvalue weighted by atomic mass is 10.1. The summed E-state index contributed by atoms with van der Waals surface area (Å²) in [6.45, 7) is 5.10. The molecule has 0 aliphatic carbocycles. The monoisotopic (exact) mass is 445 g/mol. The van der Waals surface area contributed by atoms with E-state index in [1.165, 1.54) is 5.56 Å². The van der Waals surface area contributed by atoms with Crippen LogP contribution in [0.5, 0.6) is 5.88 Å². The largest absolute Gasteiger partial charge is 0.474 e. The predicted molar refractivity (Wildman–Crippen MR) is 110 cm³/mol. The maximum Gasteiger partial charge on any atom is 0.254 e. The zero-order valence-electron chi connectivity index (χ0n) is 16.1. The van der Waals surface area contributed by atoms with Crippen molar-refractivity contribution in [2.45, 2.75) is 39.2 Å². The normalized spacial score (nSPS) is 14.8. The topological polar surface area (TPSA) is 85.5 Å². The molecule has 1 aliphatic rings. The molecule has 3 rings (SSSR count). The molecule has 1 aliphatic heterocycles. The number of likely N-dealkylation sites (tertiary alicyclic amines) is 1. The van der Waals surface area contributed by atoms with Crippen molar-refractivity contribution in [3.63, 3.8) is 0 Å². The van der Waals surface area contributed by atoms with Gasteiger partial charge in [-0.15, -0.1) is 0 Å². The van der Waals surface area contributed by atoms with Crippen LogP contribution >= 0.6 is 15.9 Å². The minimum absolute atomic E-state index is 0.102. The molecule has 1 aromatic carbocycles. The van der Waals surface area contributed by atoms with Gasteiger partial charge in [0.15, 0.2) is 0 Å². The van der Waals surface area contributed by atoms with Gasteiger partial charge in [0, 0.05) is 30.4 Å². The van der Waals surface area contributed by atoms with Crippen LogP contribution in [0.4, 0.5) is 0 Å². The van der Waals surface area contributed by atoms with Crippen molar-refractivity contribution in [1.82, 2.24) is 9.88 Å². The van der Waals surface area contributed by atoms with Crippen molar-refractivity contribution in [3.05, 3.63) is 57.2 Å². The number of amides is 2. The molecule has 28 heavy (non-hydrogen) atoms. The van der Waals surface area contributed by atoms with Crippen molar-refractivity contribution in [3.8, 4) is 5.88 Å². The molecule has 0 spiro atoms. The number of hydrogen-bond acceptors (Lipinski definition) is 4. The maximum atomic E-state index is 12.5. The van der Waals surface area contributed by atoms with E-state index in [1.54, 1.807) is 6.07 Å². The second kappa shape index (κ2) is 8.73. The summed E-state index contributed by atoms with van der Waals surface area (Å²) in [6.07, 6.45) is 1.68. The van der Waals surface area contributed by atoms with Crippen LogP contribution in [0.2, 0.25) is 0 Å². The first-order valence-corrected chi connectivity index (χ1v) is 10.1. The number of nitrogens with two attached hydrogens (primary N) is 1. The Morgan fingerprint density at radius 2 is 1.86 bits per heavy atom. The highest BCUT2D eigenvalue weighted by atomic mass is 79.9. The summed E-state index contributed by atoms with van der Waals surface area (Å²) < 4.78 is 6.69. The Kier molecular flexibility index (Phi) is 6.34. The highest BCUT2D eigenvalue weighted by Gasteiger charge is 2.26. The van der Waals surface area contributed by atoms with Gasteiger partial charge in [-0.05, 0) is 41.4 Å². The summed E-state index contributed by atoms with van der Waals surface area (Å²) in [5.74, 6) is -0.190. The highest BCUT2D eigenvalue weighted by Crippen LogP contribution is 2.26. The van der Waals surface area contributed by atoms with Crippen molar-refractivity contribution >= 4 is 27.7 Å². The van der Waals surface area contributed by atoms with Crippen molar-refractivity contribution in [1.29, 1.82) is 0 Å². The van der Waals surface area contributed by atoms with Crippen LogP contribution in [0.25, 0.3) is 0 Å². The first-order valence-electron chi connectivity index (χ1n) is 9.30. The standard InChI is InChI=1S/C21H24BrN3O3/c1-13-3-5-15(6-4-13)11-19(26)25-9-7-16(8-10-25)28-21-17(20(23)27)12-18(22)14(2)24-21/h3-6,12,16H,7-11H2,1-2H3,(H2,23,27). The van der Waals surface area contributed by atoms with E-state index in [-0.39, 0.29) is 23.5 Å². The Balaban J connectivity index is 1.58. The van der Waals surface area contributed by atoms with Crippen LogP contribution in [0.3, 0.4) is 0 Å². The number of halogens is 1. The Morgan fingerprint density at radius 3 is 2.46 bits per heavy atom. The minimum atomic E-state index is -0.575.